The van der Waals surface area contributed by atoms with Crippen LogP contribution in [0.4, 0.5) is 5.95 Å². The maximum atomic E-state index is 13.4. The minimum Gasteiger partial charge on any atom is -0.493 e. The number of thioether (sulfide) groups is 1. The van der Waals surface area contributed by atoms with Crippen molar-refractivity contribution in [2.45, 2.75) is 50.2 Å². The Kier molecular flexibility index (Phi) is 9.39. The van der Waals surface area contributed by atoms with Crippen molar-refractivity contribution in [3.63, 3.8) is 0 Å². The van der Waals surface area contributed by atoms with Crippen LogP contribution in [0.1, 0.15) is 43.5 Å². The molecule has 1 aromatic heterocycles. The van der Waals surface area contributed by atoms with Crippen molar-refractivity contribution in [1.82, 2.24) is 14.8 Å². The number of hydrogen-bond acceptors (Lipinski definition) is 8. The summed E-state index contributed by atoms with van der Waals surface area (Å²) >= 11 is 7.83. The number of nitrogens with zero attached hydrogens (tertiary/aromatic N) is 3. The Morgan fingerprint density at radius 1 is 1.07 bits per heavy atom. The molecule has 0 aliphatic carbocycles. The second kappa shape index (κ2) is 13.4. The molecule has 0 bridgehead atoms. The predicted molar refractivity (Wildman–Crippen MR) is 165 cm³/mol. The van der Waals surface area contributed by atoms with Gasteiger partial charge in [-0.25, -0.2) is 9.48 Å². The average Bonchev–Trinajstić information content (AvgIpc) is 3.38. The van der Waals surface area contributed by atoms with Gasteiger partial charge in [0.15, 0.2) is 11.5 Å². The molecule has 0 saturated carbocycles. The van der Waals surface area contributed by atoms with Gasteiger partial charge in [-0.3, -0.25) is 0 Å². The monoisotopic (exact) mass is 604 g/mol. The molecule has 0 amide bonds. The lowest BCUT2D eigenvalue weighted by atomic mass is 9.95. The summed E-state index contributed by atoms with van der Waals surface area (Å²) in [5.74, 6) is 1.89. The fourth-order valence-electron chi connectivity index (χ4n) is 4.70. The quantitative estimate of drug-likeness (QED) is 0.143. The fraction of sp³-hybridized carbons (Fsp3) is 0.281. The summed E-state index contributed by atoms with van der Waals surface area (Å²) in [7, 11) is 1.60. The zero-order valence-corrected chi connectivity index (χ0v) is 25.5. The largest absolute Gasteiger partial charge is 0.493 e. The molecule has 3 aromatic carbocycles. The van der Waals surface area contributed by atoms with Gasteiger partial charge in [-0.15, -0.1) is 5.10 Å². The topological polar surface area (TPSA) is 87.5 Å². The number of anilines is 1. The smallest absolute Gasteiger partial charge is 0.338 e. The van der Waals surface area contributed by atoms with Gasteiger partial charge in [0.1, 0.15) is 6.04 Å². The van der Waals surface area contributed by atoms with Gasteiger partial charge < -0.3 is 19.5 Å². The Morgan fingerprint density at radius 3 is 2.57 bits per heavy atom. The van der Waals surface area contributed by atoms with Crippen LogP contribution in [-0.4, -0.2) is 40.6 Å². The number of hydrogen-bond donors (Lipinski definition) is 1. The number of fused-ring (bicyclic) bond motifs is 1. The van der Waals surface area contributed by atoms with E-state index in [1.807, 2.05) is 81.4 Å². The zero-order chi connectivity index (χ0) is 29.6. The molecule has 0 spiro atoms. The van der Waals surface area contributed by atoms with E-state index in [-0.39, 0.29) is 6.10 Å². The predicted octanol–water partition coefficient (Wildman–Crippen LogP) is 7.09. The highest BCUT2D eigenvalue weighted by atomic mass is 35.5. The molecule has 0 radical (unpaired) electrons. The molecule has 0 saturated heterocycles. The van der Waals surface area contributed by atoms with Gasteiger partial charge in [-0.1, -0.05) is 78.0 Å². The van der Waals surface area contributed by atoms with Crippen LogP contribution in [-0.2, 0) is 21.7 Å². The molecular weight excluding hydrogens is 572 g/mol. The number of methoxy groups -OCH3 is 1. The van der Waals surface area contributed by atoms with Crippen LogP contribution in [0.5, 0.6) is 11.5 Å². The van der Waals surface area contributed by atoms with Crippen molar-refractivity contribution in [3.05, 3.63) is 106 Å². The Labute approximate surface area is 255 Å². The van der Waals surface area contributed by atoms with E-state index in [1.54, 1.807) is 11.8 Å². The number of aromatic nitrogens is 3. The van der Waals surface area contributed by atoms with Crippen molar-refractivity contribution in [2.24, 2.45) is 0 Å². The first-order valence-electron chi connectivity index (χ1n) is 13.7. The molecule has 1 N–H and O–H groups in total. The number of ether oxygens (including phenoxy) is 3. The average molecular weight is 605 g/mol. The van der Waals surface area contributed by atoms with Gasteiger partial charge >= 0.3 is 5.97 Å². The van der Waals surface area contributed by atoms with Crippen LogP contribution in [0.15, 0.2) is 89.2 Å². The Balaban J connectivity index is 1.45. The number of allylic oxidation sites excluding steroid dienone is 1. The van der Waals surface area contributed by atoms with E-state index in [0.29, 0.717) is 51.3 Å². The number of carbonyl (C=O) groups is 1. The summed E-state index contributed by atoms with van der Waals surface area (Å²) in [6.45, 7) is 6.00. The number of nitrogens with one attached hydrogen (secondary N) is 1. The highest BCUT2D eigenvalue weighted by Gasteiger charge is 2.36. The standard InChI is InChI=1S/C32H33ClN4O4S/c1-20(2)41-30(38)28-21(3)34-31-35-32(42-19-24-12-8-9-13-25(24)33)36-37(31)29(28)23-14-15-26(27(18-23)39-4)40-17-16-22-10-6-5-7-11-22/h5-15,18,20,29H,16-17,19H2,1-4H3,(H,34,35,36). The zero-order valence-electron chi connectivity index (χ0n) is 24.0. The lowest BCUT2D eigenvalue weighted by Crippen LogP contribution is -2.30. The molecule has 8 nitrogen and oxygen atoms in total. The maximum absolute atomic E-state index is 13.4. The molecule has 1 unspecified atom stereocenters. The van der Waals surface area contributed by atoms with E-state index < -0.39 is 12.0 Å². The first kappa shape index (κ1) is 29.5. The third kappa shape index (κ3) is 6.74. The second-order valence-corrected chi connectivity index (χ2v) is 11.4. The highest BCUT2D eigenvalue weighted by Crippen LogP contribution is 2.40. The Bertz CT molecular complexity index is 1590. The molecule has 218 valence electrons. The van der Waals surface area contributed by atoms with Gasteiger partial charge in [-0.05, 0) is 55.7 Å². The lowest BCUT2D eigenvalue weighted by Gasteiger charge is -2.29. The lowest BCUT2D eigenvalue weighted by molar-refractivity contribution is -0.143. The Hall–Kier alpha value is -3.95. The third-order valence-corrected chi connectivity index (χ3v) is 7.96. The van der Waals surface area contributed by atoms with Crippen molar-refractivity contribution in [3.8, 4) is 11.5 Å². The number of carbonyl (C=O) groups excluding carboxylic acids is 1. The molecule has 4 aromatic rings. The molecule has 0 fully saturated rings. The Morgan fingerprint density at radius 2 is 1.83 bits per heavy atom. The summed E-state index contributed by atoms with van der Waals surface area (Å²) in [4.78, 5) is 18.1. The molecule has 5 rings (SSSR count). The van der Waals surface area contributed by atoms with Crippen LogP contribution < -0.4 is 14.8 Å². The van der Waals surface area contributed by atoms with E-state index in [1.165, 1.54) is 17.3 Å². The van der Waals surface area contributed by atoms with E-state index in [2.05, 4.69) is 17.4 Å². The molecule has 1 aliphatic rings. The van der Waals surface area contributed by atoms with Gasteiger partial charge in [0, 0.05) is 22.9 Å². The maximum Gasteiger partial charge on any atom is 0.338 e. The van der Waals surface area contributed by atoms with Crippen LogP contribution in [0, 0.1) is 0 Å². The minimum absolute atomic E-state index is 0.285. The van der Waals surface area contributed by atoms with Gasteiger partial charge in [-0.2, -0.15) is 4.98 Å². The van der Waals surface area contributed by atoms with E-state index >= 15 is 0 Å². The number of rotatable bonds is 11. The molecular formula is C32H33ClN4O4S. The second-order valence-electron chi connectivity index (χ2n) is 10.1. The van der Waals surface area contributed by atoms with Gasteiger partial charge in [0.05, 0.1) is 25.4 Å². The van der Waals surface area contributed by atoms with Crippen LogP contribution in [0.3, 0.4) is 0 Å². The number of benzene rings is 3. The summed E-state index contributed by atoms with van der Waals surface area (Å²) in [5.41, 5.74) is 4.06. The minimum atomic E-state index is -0.595. The van der Waals surface area contributed by atoms with E-state index in [0.717, 1.165) is 17.5 Å². The molecule has 42 heavy (non-hydrogen) atoms. The molecule has 1 aliphatic heterocycles. The summed E-state index contributed by atoms with van der Waals surface area (Å²) < 4.78 is 19.2. The van der Waals surface area contributed by atoms with E-state index in [4.69, 9.17) is 35.9 Å². The van der Waals surface area contributed by atoms with Crippen molar-refractivity contribution in [2.75, 3.05) is 19.0 Å². The van der Waals surface area contributed by atoms with Gasteiger partial charge in [0.2, 0.25) is 11.1 Å². The molecule has 2 heterocycles. The summed E-state index contributed by atoms with van der Waals surface area (Å²) in [6, 6.07) is 22.9. The normalized spacial score (nSPS) is 14.4. The van der Waals surface area contributed by atoms with Gasteiger partial charge in [0.25, 0.3) is 0 Å². The fourth-order valence-corrected chi connectivity index (χ4v) is 5.81. The number of halogens is 1. The van der Waals surface area contributed by atoms with Crippen LogP contribution in [0.25, 0.3) is 0 Å². The molecule has 1 atom stereocenters. The SMILES string of the molecule is COc1cc(C2C(C(=O)OC(C)C)=C(C)Nc3nc(SCc4ccccc4Cl)nn32)ccc1OCCc1ccccc1. The van der Waals surface area contributed by atoms with Crippen LogP contribution in [0.2, 0.25) is 5.02 Å². The van der Waals surface area contributed by atoms with Crippen molar-refractivity contribution < 1.29 is 19.0 Å². The first-order valence-corrected chi connectivity index (χ1v) is 15.1. The summed E-state index contributed by atoms with van der Waals surface area (Å²) in [5, 5.41) is 9.31. The highest BCUT2D eigenvalue weighted by molar-refractivity contribution is 7.98. The third-order valence-electron chi connectivity index (χ3n) is 6.70. The van der Waals surface area contributed by atoms with E-state index in [9.17, 15) is 4.79 Å². The van der Waals surface area contributed by atoms with Crippen LogP contribution >= 0.6 is 23.4 Å². The number of esters is 1. The van der Waals surface area contributed by atoms with Crippen molar-refractivity contribution >= 4 is 35.3 Å². The van der Waals surface area contributed by atoms with Crippen molar-refractivity contribution in [1.29, 1.82) is 0 Å². The molecule has 10 heteroatoms. The first-order chi connectivity index (χ1) is 20.3. The summed E-state index contributed by atoms with van der Waals surface area (Å²) in [6.07, 6.45) is 0.483.